The van der Waals surface area contributed by atoms with E-state index in [0.29, 0.717) is 11.3 Å². The van der Waals surface area contributed by atoms with Crippen LogP contribution in [0.15, 0.2) is 42.7 Å². The van der Waals surface area contributed by atoms with Crippen LogP contribution in [0.4, 0.5) is 0 Å². The van der Waals surface area contributed by atoms with Gasteiger partial charge in [0, 0.05) is 18.0 Å². The third kappa shape index (κ3) is 1.95. The molecule has 1 aromatic heterocycles. The molecular weight excluding hydrogens is 242 g/mol. The number of aromatic hydroxyl groups is 1. The first-order chi connectivity index (χ1) is 9.08. The summed E-state index contributed by atoms with van der Waals surface area (Å²) in [6.45, 7) is 1.87. The summed E-state index contributed by atoms with van der Waals surface area (Å²) in [6, 6.07) is 8.30. The summed E-state index contributed by atoms with van der Waals surface area (Å²) in [7, 11) is 0. The molecule has 1 aliphatic rings. The Labute approximate surface area is 110 Å². The van der Waals surface area contributed by atoms with Gasteiger partial charge in [0.25, 0.3) is 0 Å². The molecule has 2 heterocycles. The van der Waals surface area contributed by atoms with Gasteiger partial charge < -0.3 is 9.84 Å². The number of aromatic nitrogens is 1. The third-order valence-electron chi connectivity index (χ3n) is 3.37. The van der Waals surface area contributed by atoms with Crippen LogP contribution in [0.3, 0.4) is 0 Å². The number of Topliss-reactive ketones (excluding diaryl/α,β-unsaturated/α-hetero) is 1. The predicted octanol–water partition coefficient (Wildman–Crippen LogP) is 2.67. The lowest BCUT2D eigenvalue weighted by atomic mass is 9.86. The molecule has 3 rings (SSSR count). The molecule has 1 aliphatic heterocycles. The highest BCUT2D eigenvalue weighted by molar-refractivity contribution is 6.00. The Morgan fingerprint density at radius 3 is 2.95 bits per heavy atom. The van der Waals surface area contributed by atoms with Crippen LogP contribution in [0.2, 0.25) is 0 Å². The Hall–Kier alpha value is -2.36. The molecule has 4 heteroatoms. The lowest BCUT2D eigenvalue weighted by Gasteiger charge is -2.35. The second-order valence-electron chi connectivity index (χ2n) is 4.86. The second-order valence-corrected chi connectivity index (χ2v) is 4.86. The Bertz CT molecular complexity index is 639. The number of nitrogens with zero attached hydrogens (tertiary/aromatic N) is 1. The highest BCUT2D eigenvalue weighted by Gasteiger charge is 2.38. The van der Waals surface area contributed by atoms with Gasteiger partial charge in [0.05, 0.1) is 12.0 Å². The Balaban J connectivity index is 2.06. The number of hydrogen-bond acceptors (Lipinski definition) is 4. The van der Waals surface area contributed by atoms with Crippen molar-refractivity contribution in [2.75, 3.05) is 0 Å². The fourth-order valence-corrected chi connectivity index (χ4v) is 2.34. The van der Waals surface area contributed by atoms with Crippen molar-refractivity contribution < 1.29 is 14.6 Å². The van der Waals surface area contributed by atoms with Crippen molar-refractivity contribution in [2.45, 2.75) is 18.9 Å². The fourth-order valence-electron chi connectivity index (χ4n) is 2.34. The number of ether oxygens (including phenoxy) is 1. The number of phenols is 1. The van der Waals surface area contributed by atoms with Gasteiger partial charge in [0.15, 0.2) is 5.78 Å². The smallest absolute Gasteiger partial charge is 0.171 e. The third-order valence-corrected chi connectivity index (χ3v) is 3.37. The van der Waals surface area contributed by atoms with Crippen molar-refractivity contribution in [2.24, 2.45) is 0 Å². The molecule has 4 nitrogen and oxygen atoms in total. The number of carbonyl (C=O) groups excluding carboxylic acids is 1. The van der Waals surface area contributed by atoms with E-state index < -0.39 is 5.60 Å². The Morgan fingerprint density at radius 2 is 2.21 bits per heavy atom. The van der Waals surface area contributed by atoms with E-state index in [1.807, 2.05) is 19.1 Å². The van der Waals surface area contributed by atoms with Crippen molar-refractivity contribution in [1.82, 2.24) is 4.98 Å². The Kier molecular flexibility index (Phi) is 2.52. The summed E-state index contributed by atoms with van der Waals surface area (Å²) in [4.78, 5) is 16.3. The molecule has 1 atom stereocenters. The maximum Gasteiger partial charge on any atom is 0.171 e. The number of hydrogen-bond donors (Lipinski definition) is 1. The molecule has 1 unspecified atom stereocenters. The summed E-state index contributed by atoms with van der Waals surface area (Å²) in [5, 5.41) is 9.44. The largest absolute Gasteiger partial charge is 0.508 e. The maximum atomic E-state index is 12.2. The van der Waals surface area contributed by atoms with E-state index in [9.17, 15) is 9.90 Å². The Morgan fingerprint density at radius 1 is 1.37 bits per heavy atom. The zero-order valence-electron chi connectivity index (χ0n) is 10.5. The van der Waals surface area contributed by atoms with Gasteiger partial charge in [-0.05, 0) is 31.2 Å². The van der Waals surface area contributed by atoms with Gasteiger partial charge in [-0.25, -0.2) is 0 Å². The van der Waals surface area contributed by atoms with Crippen molar-refractivity contribution in [3.63, 3.8) is 0 Å². The molecule has 0 spiro atoms. The topological polar surface area (TPSA) is 59.4 Å². The second kappa shape index (κ2) is 4.09. The maximum absolute atomic E-state index is 12.2. The fraction of sp³-hybridized carbons (Fsp3) is 0.200. The molecule has 0 bridgehead atoms. The first-order valence-electron chi connectivity index (χ1n) is 6.04. The van der Waals surface area contributed by atoms with Gasteiger partial charge >= 0.3 is 0 Å². The highest BCUT2D eigenvalue weighted by atomic mass is 16.5. The molecule has 19 heavy (non-hydrogen) atoms. The summed E-state index contributed by atoms with van der Waals surface area (Å²) in [5.41, 5.74) is 0.582. The highest BCUT2D eigenvalue weighted by Crippen LogP contribution is 2.40. The summed E-state index contributed by atoms with van der Waals surface area (Å²) in [5.74, 6) is 0.532. The van der Waals surface area contributed by atoms with Crippen LogP contribution in [-0.2, 0) is 5.60 Å². The minimum absolute atomic E-state index is 0.0384. The predicted molar refractivity (Wildman–Crippen MR) is 69.3 cm³/mol. The van der Waals surface area contributed by atoms with Crippen LogP contribution >= 0.6 is 0 Å². The molecule has 0 radical (unpaired) electrons. The van der Waals surface area contributed by atoms with E-state index in [1.54, 1.807) is 18.5 Å². The summed E-state index contributed by atoms with van der Waals surface area (Å²) < 4.78 is 5.96. The molecule has 2 aromatic rings. The van der Waals surface area contributed by atoms with E-state index in [-0.39, 0.29) is 18.0 Å². The lowest BCUT2D eigenvalue weighted by molar-refractivity contribution is 0.0500. The molecule has 96 valence electrons. The first kappa shape index (κ1) is 11.7. The first-order valence-corrected chi connectivity index (χ1v) is 6.04. The van der Waals surface area contributed by atoms with E-state index in [2.05, 4.69) is 4.98 Å². The monoisotopic (exact) mass is 255 g/mol. The molecule has 0 amide bonds. The summed E-state index contributed by atoms with van der Waals surface area (Å²) in [6.07, 6.45) is 3.62. The van der Waals surface area contributed by atoms with Gasteiger partial charge in [-0.3, -0.25) is 9.78 Å². The van der Waals surface area contributed by atoms with E-state index in [0.717, 1.165) is 5.56 Å². The molecule has 1 N–H and O–H groups in total. The van der Waals surface area contributed by atoms with Gasteiger partial charge in [-0.15, -0.1) is 0 Å². The number of carbonyl (C=O) groups is 1. The minimum Gasteiger partial charge on any atom is -0.508 e. The van der Waals surface area contributed by atoms with Gasteiger partial charge in [0.1, 0.15) is 17.1 Å². The number of pyridine rings is 1. The molecule has 0 saturated heterocycles. The van der Waals surface area contributed by atoms with Crippen LogP contribution in [0.25, 0.3) is 0 Å². The number of ketones is 1. The van der Waals surface area contributed by atoms with Crippen molar-refractivity contribution in [3.05, 3.63) is 53.9 Å². The minimum atomic E-state index is -0.713. The van der Waals surface area contributed by atoms with Crippen LogP contribution in [0.5, 0.6) is 11.5 Å². The zero-order valence-corrected chi connectivity index (χ0v) is 10.5. The number of benzene rings is 1. The number of rotatable bonds is 1. The van der Waals surface area contributed by atoms with Crippen LogP contribution in [0, 0.1) is 0 Å². The van der Waals surface area contributed by atoms with E-state index in [4.69, 9.17) is 4.74 Å². The summed E-state index contributed by atoms with van der Waals surface area (Å²) >= 11 is 0. The molecule has 0 saturated carbocycles. The van der Waals surface area contributed by atoms with Crippen LogP contribution in [-0.4, -0.2) is 15.9 Å². The molecule has 0 aliphatic carbocycles. The average molecular weight is 255 g/mol. The van der Waals surface area contributed by atoms with Gasteiger partial charge in [-0.2, -0.15) is 0 Å². The van der Waals surface area contributed by atoms with Gasteiger partial charge in [-0.1, -0.05) is 6.07 Å². The quantitative estimate of drug-likeness (QED) is 0.851. The standard InChI is InChI=1S/C15H13NO3/c1-15(10-3-2-6-16-9-10)8-13(18)12-7-11(17)4-5-14(12)19-15/h2-7,9,17H,8H2,1H3. The van der Waals surface area contributed by atoms with Crippen LogP contribution in [0.1, 0.15) is 29.3 Å². The zero-order chi connectivity index (χ0) is 13.5. The number of phenolic OH excluding ortho intramolecular Hbond substituents is 1. The average Bonchev–Trinajstić information content (AvgIpc) is 2.41. The molecule has 0 fully saturated rings. The number of fused-ring (bicyclic) bond motifs is 1. The molecular formula is C15H13NO3. The van der Waals surface area contributed by atoms with Crippen molar-refractivity contribution in [1.29, 1.82) is 0 Å². The van der Waals surface area contributed by atoms with Crippen molar-refractivity contribution in [3.8, 4) is 11.5 Å². The normalized spacial score (nSPS) is 21.6. The van der Waals surface area contributed by atoms with Gasteiger partial charge in [0.2, 0.25) is 0 Å². The SMILES string of the molecule is CC1(c2cccnc2)CC(=O)c2cc(O)ccc2O1. The van der Waals surface area contributed by atoms with E-state index in [1.165, 1.54) is 12.1 Å². The van der Waals surface area contributed by atoms with Crippen molar-refractivity contribution >= 4 is 5.78 Å². The lowest BCUT2D eigenvalue weighted by Crippen LogP contribution is -2.36. The van der Waals surface area contributed by atoms with E-state index >= 15 is 0 Å². The van der Waals surface area contributed by atoms with Crippen LogP contribution < -0.4 is 4.74 Å². The molecule has 1 aromatic carbocycles.